The third-order valence-corrected chi connectivity index (χ3v) is 1.93. The van der Waals surface area contributed by atoms with Gasteiger partial charge in [0, 0.05) is 5.56 Å². The zero-order valence-electron chi connectivity index (χ0n) is 9.79. The van der Waals surface area contributed by atoms with Crippen LogP contribution in [0.2, 0.25) is 0 Å². The number of methoxy groups -OCH3 is 1. The number of hydrogen-bond acceptors (Lipinski definition) is 6. The summed E-state index contributed by atoms with van der Waals surface area (Å²) in [6.45, 7) is -0.362. The summed E-state index contributed by atoms with van der Waals surface area (Å²) in [6, 6.07) is 4.86. The highest BCUT2D eigenvalue weighted by Crippen LogP contribution is 2.27. The van der Waals surface area contributed by atoms with Crippen molar-refractivity contribution in [3.63, 3.8) is 0 Å². The van der Waals surface area contributed by atoms with E-state index in [0.29, 0.717) is 11.3 Å². The fourth-order valence-electron chi connectivity index (χ4n) is 1.13. The van der Waals surface area contributed by atoms with Gasteiger partial charge in [-0.05, 0) is 12.1 Å². The Morgan fingerprint density at radius 1 is 1.56 bits per heavy atom. The lowest BCUT2D eigenvalue weighted by Gasteiger charge is -2.05. The van der Waals surface area contributed by atoms with Crippen molar-refractivity contribution >= 4 is 12.3 Å². The van der Waals surface area contributed by atoms with E-state index in [4.69, 9.17) is 9.84 Å². The molecule has 0 unspecified atom stereocenters. The first-order valence-electron chi connectivity index (χ1n) is 5.11. The molecule has 0 atom stereocenters. The topological polar surface area (TPSA) is 100 Å². The van der Waals surface area contributed by atoms with Crippen LogP contribution >= 0.6 is 0 Å². The minimum atomic E-state index is -0.789. The maximum Gasteiger partial charge on any atom is 0.427 e. The van der Waals surface area contributed by atoms with Crippen LogP contribution in [-0.4, -0.2) is 42.8 Å². The minimum Gasteiger partial charge on any atom is -0.504 e. The van der Waals surface area contributed by atoms with Crippen molar-refractivity contribution in [1.82, 2.24) is 5.43 Å². The first kappa shape index (κ1) is 13.8. The number of benzene rings is 1. The van der Waals surface area contributed by atoms with E-state index in [-0.39, 0.29) is 19.0 Å². The molecule has 1 amide bonds. The van der Waals surface area contributed by atoms with E-state index in [1.165, 1.54) is 13.3 Å². The number of ether oxygens (including phenoxy) is 2. The summed E-state index contributed by atoms with van der Waals surface area (Å²) in [6.07, 6.45) is 0.459. The molecule has 0 aliphatic rings. The number of amides is 1. The molecule has 0 fully saturated rings. The standard InChI is InChI=1S/C11H14N2O5/c1-17-9-4-2-3-8(10(9)15)7-12-13-11(16)18-6-5-14/h2-4,7,14-15H,5-6H2,1H3,(H,13,16). The lowest BCUT2D eigenvalue weighted by atomic mass is 10.2. The van der Waals surface area contributed by atoms with Gasteiger partial charge in [0.05, 0.1) is 19.9 Å². The van der Waals surface area contributed by atoms with Crippen LogP contribution in [0.5, 0.6) is 11.5 Å². The van der Waals surface area contributed by atoms with Gasteiger partial charge in [0.2, 0.25) is 0 Å². The summed E-state index contributed by atoms with van der Waals surface area (Å²) in [5.41, 5.74) is 2.46. The van der Waals surface area contributed by atoms with Crippen molar-refractivity contribution in [2.75, 3.05) is 20.3 Å². The maximum absolute atomic E-state index is 11.0. The molecule has 0 heterocycles. The SMILES string of the molecule is COc1cccc(C=NNC(=O)OCCO)c1O. The number of hydrazone groups is 1. The number of nitrogens with zero attached hydrogens (tertiary/aromatic N) is 1. The third kappa shape index (κ3) is 3.95. The Hall–Kier alpha value is -2.28. The van der Waals surface area contributed by atoms with E-state index >= 15 is 0 Å². The lowest BCUT2D eigenvalue weighted by Crippen LogP contribution is -2.20. The molecule has 0 aliphatic heterocycles. The zero-order valence-corrected chi connectivity index (χ0v) is 9.79. The Morgan fingerprint density at radius 2 is 2.33 bits per heavy atom. The fraction of sp³-hybridized carbons (Fsp3) is 0.273. The molecule has 0 saturated carbocycles. The van der Waals surface area contributed by atoms with E-state index < -0.39 is 6.09 Å². The Morgan fingerprint density at radius 3 is 3.00 bits per heavy atom. The predicted molar refractivity (Wildman–Crippen MR) is 63.8 cm³/mol. The number of aliphatic hydroxyl groups is 1. The molecule has 1 aromatic carbocycles. The van der Waals surface area contributed by atoms with Crippen molar-refractivity contribution in [3.05, 3.63) is 23.8 Å². The van der Waals surface area contributed by atoms with Crippen molar-refractivity contribution in [1.29, 1.82) is 0 Å². The van der Waals surface area contributed by atoms with Crippen molar-refractivity contribution < 1.29 is 24.5 Å². The Balaban J connectivity index is 2.59. The van der Waals surface area contributed by atoms with Gasteiger partial charge >= 0.3 is 6.09 Å². The number of hydrogen-bond donors (Lipinski definition) is 3. The monoisotopic (exact) mass is 254 g/mol. The number of carbonyl (C=O) groups excluding carboxylic acids is 1. The summed E-state index contributed by atoms with van der Waals surface area (Å²) < 4.78 is 9.42. The number of nitrogens with one attached hydrogen (secondary N) is 1. The molecule has 7 heteroatoms. The molecule has 1 rings (SSSR count). The highest BCUT2D eigenvalue weighted by molar-refractivity contribution is 5.85. The van der Waals surface area contributed by atoms with Gasteiger partial charge in [0.1, 0.15) is 6.61 Å². The number of aromatic hydroxyl groups is 1. The molecule has 1 aromatic rings. The number of phenols is 1. The molecule has 0 radical (unpaired) electrons. The quantitative estimate of drug-likeness (QED) is 0.523. The maximum atomic E-state index is 11.0. The normalized spacial score (nSPS) is 10.3. The molecule has 7 nitrogen and oxygen atoms in total. The van der Waals surface area contributed by atoms with E-state index in [9.17, 15) is 9.90 Å². The van der Waals surface area contributed by atoms with Gasteiger partial charge in [-0.15, -0.1) is 0 Å². The molecule has 0 aliphatic carbocycles. The average molecular weight is 254 g/mol. The first-order valence-corrected chi connectivity index (χ1v) is 5.11. The van der Waals surface area contributed by atoms with Gasteiger partial charge in [-0.3, -0.25) is 0 Å². The van der Waals surface area contributed by atoms with Gasteiger partial charge in [-0.2, -0.15) is 5.10 Å². The van der Waals surface area contributed by atoms with E-state index in [1.807, 2.05) is 0 Å². The smallest absolute Gasteiger partial charge is 0.427 e. The summed E-state index contributed by atoms with van der Waals surface area (Å²) in [7, 11) is 1.43. The number of carbonyl (C=O) groups is 1. The highest BCUT2D eigenvalue weighted by atomic mass is 16.6. The predicted octanol–water partition coefficient (Wildman–Crippen LogP) is 0.453. The van der Waals surface area contributed by atoms with Crippen LogP contribution in [0.25, 0.3) is 0 Å². The van der Waals surface area contributed by atoms with Crippen LogP contribution in [-0.2, 0) is 4.74 Å². The van der Waals surface area contributed by atoms with Crippen LogP contribution < -0.4 is 10.2 Å². The Kier molecular flexibility index (Phi) is 5.46. The second-order valence-electron chi connectivity index (χ2n) is 3.13. The number of aliphatic hydroxyl groups excluding tert-OH is 1. The molecule has 0 saturated heterocycles. The minimum absolute atomic E-state index is 0.0747. The summed E-state index contributed by atoms with van der Waals surface area (Å²) in [5, 5.41) is 21.7. The van der Waals surface area contributed by atoms with Crippen molar-refractivity contribution in [3.8, 4) is 11.5 Å². The molecule has 0 bridgehead atoms. The van der Waals surface area contributed by atoms with Crippen LogP contribution in [0.4, 0.5) is 4.79 Å². The highest BCUT2D eigenvalue weighted by Gasteiger charge is 2.05. The number of rotatable bonds is 5. The van der Waals surface area contributed by atoms with Crippen LogP contribution in [0.1, 0.15) is 5.56 Å². The second kappa shape index (κ2) is 7.13. The van der Waals surface area contributed by atoms with Gasteiger partial charge < -0.3 is 19.7 Å². The molecule has 18 heavy (non-hydrogen) atoms. The van der Waals surface area contributed by atoms with Crippen LogP contribution in [0.3, 0.4) is 0 Å². The third-order valence-electron chi connectivity index (χ3n) is 1.93. The summed E-state index contributed by atoms with van der Waals surface area (Å²) in [5.74, 6) is 0.232. The van der Waals surface area contributed by atoms with Gasteiger partial charge in [0.15, 0.2) is 11.5 Å². The molecule has 3 N–H and O–H groups in total. The molecule has 0 aromatic heterocycles. The molecular weight excluding hydrogens is 240 g/mol. The largest absolute Gasteiger partial charge is 0.504 e. The lowest BCUT2D eigenvalue weighted by molar-refractivity contribution is 0.119. The Labute approximate surface area is 104 Å². The van der Waals surface area contributed by atoms with Gasteiger partial charge in [-0.1, -0.05) is 6.07 Å². The molecular formula is C11H14N2O5. The molecule has 98 valence electrons. The number of para-hydroxylation sites is 1. The van der Waals surface area contributed by atoms with E-state index in [1.54, 1.807) is 18.2 Å². The van der Waals surface area contributed by atoms with Crippen LogP contribution in [0.15, 0.2) is 23.3 Å². The first-order chi connectivity index (χ1) is 8.69. The zero-order chi connectivity index (χ0) is 13.4. The van der Waals surface area contributed by atoms with E-state index in [2.05, 4.69) is 15.3 Å². The van der Waals surface area contributed by atoms with Crippen LogP contribution in [0, 0.1) is 0 Å². The summed E-state index contributed by atoms with van der Waals surface area (Å²) >= 11 is 0. The average Bonchev–Trinajstić information content (AvgIpc) is 2.38. The fourth-order valence-corrected chi connectivity index (χ4v) is 1.13. The van der Waals surface area contributed by atoms with Gasteiger partial charge in [0.25, 0.3) is 0 Å². The summed E-state index contributed by atoms with van der Waals surface area (Å²) in [4.78, 5) is 11.0. The number of phenolic OH excluding ortho intramolecular Hbond substituents is 1. The van der Waals surface area contributed by atoms with Crippen molar-refractivity contribution in [2.45, 2.75) is 0 Å². The van der Waals surface area contributed by atoms with Crippen molar-refractivity contribution in [2.24, 2.45) is 5.10 Å². The van der Waals surface area contributed by atoms with Gasteiger partial charge in [-0.25, -0.2) is 10.2 Å². The molecule has 0 spiro atoms. The Bertz CT molecular complexity index is 433. The second-order valence-corrected chi connectivity index (χ2v) is 3.13. The van der Waals surface area contributed by atoms with E-state index in [0.717, 1.165) is 0 Å².